The zero-order valence-corrected chi connectivity index (χ0v) is 18.2. The van der Waals surface area contributed by atoms with Crippen molar-refractivity contribution in [3.63, 3.8) is 0 Å². The molecule has 0 unspecified atom stereocenters. The average Bonchev–Trinajstić information content (AvgIpc) is 2.85. The summed E-state index contributed by atoms with van der Waals surface area (Å²) in [6.45, 7) is 2.51. The van der Waals surface area contributed by atoms with E-state index < -0.39 is 0 Å². The molecule has 0 bridgehead atoms. The molecule has 3 aromatic rings. The third kappa shape index (κ3) is 4.48. The predicted octanol–water partition coefficient (Wildman–Crippen LogP) is 4.42. The number of anilines is 2. The van der Waals surface area contributed by atoms with Crippen LogP contribution < -0.4 is 19.7 Å². The molecule has 1 fully saturated rings. The number of amides is 1. The maximum atomic E-state index is 12.9. The summed E-state index contributed by atoms with van der Waals surface area (Å²) in [5, 5.41) is 12.5. The number of hydrogen-bond donors (Lipinski definition) is 1. The number of fused-ring (bicyclic) bond motifs is 1. The van der Waals surface area contributed by atoms with E-state index in [-0.39, 0.29) is 11.8 Å². The highest BCUT2D eigenvalue weighted by atomic mass is 35.5. The first-order valence-electron chi connectivity index (χ1n) is 10.7. The van der Waals surface area contributed by atoms with Crippen molar-refractivity contribution in [2.24, 2.45) is 5.92 Å². The number of carbonyl (C=O) groups excluding carboxylic acids is 1. The normalized spacial score (nSPS) is 17.7. The van der Waals surface area contributed by atoms with Gasteiger partial charge in [0.15, 0.2) is 17.3 Å². The highest BCUT2D eigenvalue weighted by molar-refractivity contribution is 6.30. The highest BCUT2D eigenvalue weighted by Gasteiger charge is 2.27. The molecule has 2 aromatic carbocycles. The number of benzene rings is 2. The summed E-state index contributed by atoms with van der Waals surface area (Å²) >= 11 is 5.96. The highest BCUT2D eigenvalue weighted by Crippen LogP contribution is 2.33. The van der Waals surface area contributed by atoms with E-state index in [2.05, 4.69) is 20.4 Å². The Kier molecular flexibility index (Phi) is 5.81. The molecule has 32 heavy (non-hydrogen) atoms. The zero-order valence-electron chi connectivity index (χ0n) is 17.5. The van der Waals surface area contributed by atoms with Crippen molar-refractivity contribution in [1.82, 2.24) is 10.2 Å². The minimum absolute atomic E-state index is 0.00267. The van der Waals surface area contributed by atoms with Crippen molar-refractivity contribution in [2.75, 3.05) is 36.5 Å². The van der Waals surface area contributed by atoms with Crippen LogP contribution in [0.1, 0.15) is 12.8 Å². The first-order valence-corrected chi connectivity index (χ1v) is 11.1. The molecule has 1 atom stereocenters. The van der Waals surface area contributed by atoms with Crippen LogP contribution in [0.5, 0.6) is 11.5 Å². The molecule has 0 saturated carbocycles. The second-order valence-electron chi connectivity index (χ2n) is 7.92. The lowest BCUT2D eigenvalue weighted by Gasteiger charge is -2.32. The molecule has 0 radical (unpaired) electrons. The summed E-state index contributed by atoms with van der Waals surface area (Å²) in [4.78, 5) is 15.0. The van der Waals surface area contributed by atoms with Gasteiger partial charge in [-0.05, 0) is 49.2 Å². The number of aromatic nitrogens is 2. The Labute approximate surface area is 191 Å². The number of hydrogen-bond acceptors (Lipinski definition) is 6. The maximum Gasteiger partial charge on any atom is 0.229 e. The van der Waals surface area contributed by atoms with Crippen molar-refractivity contribution < 1.29 is 14.3 Å². The van der Waals surface area contributed by atoms with Crippen LogP contribution in [0.25, 0.3) is 11.3 Å². The smallest absolute Gasteiger partial charge is 0.229 e. The Balaban J connectivity index is 1.24. The first-order chi connectivity index (χ1) is 15.7. The second kappa shape index (κ2) is 9.04. The molecule has 2 aliphatic rings. The minimum atomic E-state index is -0.130. The van der Waals surface area contributed by atoms with Gasteiger partial charge in [0.05, 0.1) is 11.6 Å². The van der Waals surface area contributed by atoms with Crippen LogP contribution in [0.3, 0.4) is 0 Å². The van der Waals surface area contributed by atoms with Gasteiger partial charge in [0.2, 0.25) is 5.91 Å². The van der Waals surface area contributed by atoms with E-state index in [9.17, 15) is 4.79 Å². The Morgan fingerprint density at radius 3 is 2.59 bits per heavy atom. The van der Waals surface area contributed by atoms with Crippen LogP contribution in [0, 0.1) is 5.92 Å². The van der Waals surface area contributed by atoms with Gasteiger partial charge in [0.25, 0.3) is 0 Å². The quantitative estimate of drug-likeness (QED) is 0.634. The summed E-state index contributed by atoms with van der Waals surface area (Å²) in [5.74, 6) is 2.01. The van der Waals surface area contributed by atoms with Gasteiger partial charge in [0.1, 0.15) is 13.2 Å². The monoisotopic (exact) mass is 450 g/mol. The molecular formula is C24H23ClN4O3. The van der Waals surface area contributed by atoms with E-state index in [1.54, 1.807) is 0 Å². The van der Waals surface area contributed by atoms with E-state index in [0.717, 1.165) is 36.5 Å². The van der Waals surface area contributed by atoms with E-state index in [1.807, 2.05) is 54.6 Å². The standard InChI is InChI=1S/C24H23ClN4O3/c25-18-5-3-16(4-6-18)20-8-10-23(28-27-20)29-11-1-2-17(15-29)24(30)26-19-7-9-21-22(14-19)32-13-12-31-21/h3-10,14,17H,1-2,11-13,15H2,(H,26,30)/t17-/m1/s1. The van der Waals surface area contributed by atoms with Crippen LogP contribution in [0.4, 0.5) is 11.5 Å². The molecule has 5 rings (SSSR count). The van der Waals surface area contributed by atoms with Gasteiger partial charge in [0, 0.05) is 35.4 Å². The Bertz CT molecular complexity index is 1110. The molecule has 0 spiro atoms. The van der Waals surface area contributed by atoms with Crippen LogP contribution in [0.15, 0.2) is 54.6 Å². The topological polar surface area (TPSA) is 76.6 Å². The SMILES string of the molecule is O=C(Nc1ccc2c(c1)OCCO2)[C@@H]1CCCN(c2ccc(-c3ccc(Cl)cc3)nn2)C1. The van der Waals surface area contributed by atoms with Crippen LogP contribution in [-0.4, -0.2) is 42.4 Å². The fourth-order valence-corrected chi connectivity index (χ4v) is 4.16. The number of nitrogens with zero attached hydrogens (tertiary/aromatic N) is 3. The molecule has 2 aliphatic heterocycles. The number of carbonyl (C=O) groups is 1. The lowest BCUT2D eigenvalue weighted by Crippen LogP contribution is -2.41. The van der Waals surface area contributed by atoms with Crippen molar-refractivity contribution >= 4 is 29.0 Å². The largest absolute Gasteiger partial charge is 0.486 e. The lowest BCUT2D eigenvalue weighted by molar-refractivity contribution is -0.120. The molecule has 8 heteroatoms. The molecule has 1 N–H and O–H groups in total. The molecule has 1 saturated heterocycles. The summed E-state index contributed by atoms with van der Waals surface area (Å²) in [6.07, 6.45) is 1.75. The fraction of sp³-hybridized carbons (Fsp3) is 0.292. The predicted molar refractivity (Wildman–Crippen MR) is 123 cm³/mol. The molecule has 7 nitrogen and oxygen atoms in total. The van der Waals surface area contributed by atoms with Gasteiger partial charge in [-0.25, -0.2) is 0 Å². The third-order valence-electron chi connectivity index (χ3n) is 5.72. The van der Waals surface area contributed by atoms with Gasteiger partial charge in [-0.3, -0.25) is 4.79 Å². The molecule has 1 amide bonds. The number of piperidine rings is 1. The van der Waals surface area contributed by atoms with Crippen LogP contribution >= 0.6 is 11.6 Å². The molecule has 3 heterocycles. The second-order valence-corrected chi connectivity index (χ2v) is 8.35. The van der Waals surface area contributed by atoms with Gasteiger partial charge >= 0.3 is 0 Å². The summed E-state index contributed by atoms with van der Waals surface area (Å²) in [6, 6.07) is 16.9. The lowest BCUT2D eigenvalue weighted by atomic mass is 9.97. The maximum absolute atomic E-state index is 12.9. The van der Waals surface area contributed by atoms with Crippen molar-refractivity contribution in [3.8, 4) is 22.8 Å². The molecular weight excluding hydrogens is 428 g/mol. The average molecular weight is 451 g/mol. The van der Waals surface area contributed by atoms with Crippen LogP contribution in [0.2, 0.25) is 5.02 Å². The zero-order chi connectivity index (χ0) is 21.9. The van der Waals surface area contributed by atoms with E-state index in [0.29, 0.717) is 42.0 Å². The van der Waals surface area contributed by atoms with E-state index in [4.69, 9.17) is 21.1 Å². The fourth-order valence-electron chi connectivity index (χ4n) is 4.03. The number of halogens is 1. The number of rotatable bonds is 4. The number of nitrogens with one attached hydrogen (secondary N) is 1. The molecule has 0 aliphatic carbocycles. The first kappa shape index (κ1) is 20.6. The van der Waals surface area contributed by atoms with Gasteiger partial charge < -0.3 is 19.7 Å². The summed E-state index contributed by atoms with van der Waals surface area (Å²) in [7, 11) is 0. The number of ether oxygens (including phenoxy) is 2. The van der Waals surface area contributed by atoms with Gasteiger partial charge in [-0.1, -0.05) is 23.7 Å². The Morgan fingerprint density at radius 1 is 1.00 bits per heavy atom. The van der Waals surface area contributed by atoms with E-state index in [1.165, 1.54) is 0 Å². The minimum Gasteiger partial charge on any atom is -0.486 e. The summed E-state index contributed by atoms with van der Waals surface area (Å²) < 4.78 is 11.1. The Morgan fingerprint density at radius 2 is 1.81 bits per heavy atom. The van der Waals surface area contributed by atoms with Gasteiger partial charge in [-0.15, -0.1) is 10.2 Å². The van der Waals surface area contributed by atoms with Gasteiger partial charge in [-0.2, -0.15) is 0 Å². The molecule has 1 aromatic heterocycles. The molecule has 164 valence electrons. The summed E-state index contributed by atoms with van der Waals surface area (Å²) in [5.41, 5.74) is 2.46. The van der Waals surface area contributed by atoms with Crippen molar-refractivity contribution in [2.45, 2.75) is 12.8 Å². The third-order valence-corrected chi connectivity index (χ3v) is 5.97. The Hall–Kier alpha value is -3.32. The van der Waals surface area contributed by atoms with Crippen molar-refractivity contribution in [3.05, 3.63) is 59.6 Å². The van der Waals surface area contributed by atoms with Crippen molar-refractivity contribution in [1.29, 1.82) is 0 Å². The van der Waals surface area contributed by atoms with Crippen LogP contribution in [-0.2, 0) is 4.79 Å². The van der Waals surface area contributed by atoms with E-state index >= 15 is 0 Å².